The lowest BCUT2D eigenvalue weighted by Crippen LogP contribution is -2.54. The second-order valence-corrected chi connectivity index (χ2v) is 8.93. The number of carboxylic acid groups (broad SMARTS) is 1. The number of aromatic amines is 1. The maximum absolute atomic E-state index is 12.6. The molecule has 166 valence electrons. The highest BCUT2D eigenvalue weighted by Crippen LogP contribution is 2.33. The van der Waals surface area contributed by atoms with Gasteiger partial charge in [0.05, 0.1) is 0 Å². The van der Waals surface area contributed by atoms with Gasteiger partial charge in [0, 0.05) is 29.2 Å². The summed E-state index contributed by atoms with van der Waals surface area (Å²) >= 11 is 0. The SMILES string of the molecule is CC(C)[C@@H](c1nc(C(=O)NCCc2c[nH]c3ccccc23)co1)N(C(=O)[O-])C(C)(C)C. The van der Waals surface area contributed by atoms with Gasteiger partial charge in [-0.15, -0.1) is 0 Å². The van der Waals surface area contributed by atoms with Crippen LogP contribution in [0.25, 0.3) is 10.9 Å². The van der Waals surface area contributed by atoms with Crippen LogP contribution in [-0.2, 0) is 6.42 Å². The average Bonchev–Trinajstić information content (AvgIpc) is 3.32. The molecular weight excluding hydrogens is 396 g/mol. The molecule has 1 atom stereocenters. The molecule has 3 rings (SSSR count). The highest BCUT2D eigenvalue weighted by atomic mass is 16.4. The van der Waals surface area contributed by atoms with E-state index in [0.29, 0.717) is 13.0 Å². The predicted octanol–water partition coefficient (Wildman–Crippen LogP) is 3.27. The number of carbonyl (C=O) groups excluding carboxylic acids is 2. The van der Waals surface area contributed by atoms with Gasteiger partial charge in [-0.3, -0.25) is 4.79 Å². The van der Waals surface area contributed by atoms with Gasteiger partial charge in [0.15, 0.2) is 5.69 Å². The Hall–Kier alpha value is -3.29. The fraction of sp³-hybridized carbons (Fsp3) is 0.435. The van der Waals surface area contributed by atoms with Crippen molar-refractivity contribution in [2.75, 3.05) is 6.54 Å². The summed E-state index contributed by atoms with van der Waals surface area (Å²) in [6.07, 6.45) is 2.56. The van der Waals surface area contributed by atoms with E-state index < -0.39 is 17.7 Å². The average molecular weight is 426 g/mol. The van der Waals surface area contributed by atoms with Crippen LogP contribution in [0.1, 0.15) is 62.6 Å². The van der Waals surface area contributed by atoms with E-state index in [4.69, 9.17) is 4.42 Å². The quantitative estimate of drug-likeness (QED) is 0.603. The Bertz CT molecular complexity index is 1060. The Morgan fingerprint density at radius 2 is 1.97 bits per heavy atom. The molecule has 3 aromatic rings. The van der Waals surface area contributed by atoms with E-state index >= 15 is 0 Å². The second-order valence-electron chi connectivity index (χ2n) is 8.93. The third-order valence-electron chi connectivity index (χ3n) is 5.19. The standard InChI is InChI=1S/C23H30N4O4/c1-14(2)19(27(22(29)30)23(3,4)5)21-26-18(13-31-21)20(28)24-11-10-15-12-25-17-9-7-6-8-16(15)17/h6-9,12-14,19,25H,10-11H2,1-5H3,(H,24,28)(H,29,30)/p-1/t19-/m0/s1. The number of hydrogen-bond donors (Lipinski definition) is 2. The fourth-order valence-corrected chi connectivity index (χ4v) is 3.77. The van der Waals surface area contributed by atoms with E-state index in [1.165, 1.54) is 11.2 Å². The lowest BCUT2D eigenvalue weighted by atomic mass is 9.96. The minimum atomic E-state index is -1.31. The van der Waals surface area contributed by atoms with Crippen molar-refractivity contribution in [3.05, 3.63) is 53.9 Å². The molecule has 0 spiro atoms. The van der Waals surface area contributed by atoms with E-state index in [2.05, 4.69) is 15.3 Å². The number of aromatic nitrogens is 2. The van der Waals surface area contributed by atoms with E-state index in [1.807, 2.05) is 44.3 Å². The molecule has 2 N–H and O–H groups in total. The predicted molar refractivity (Wildman–Crippen MR) is 115 cm³/mol. The van der Waals surface area contributed by atoms with Gasteiger partial charge in [-0.1, -0.05) is 32.0 Å². The maximum Gasteiger partial charge on any atom is 0.273 e. The fourth-order valence-electron chi connectivity index (χ4n) is 3.77. The number of nitrogens with zero attached hydrogens (tertiary/aromatic N) is 2. The van der Waals surface area contributed by atoms with Crippen molar-refractivity contribution in [2.24, 2.45) is 5.92 Å². The number of nitrogens with one attached hydrogen (secondary N) is 2. The molecular formula is C23H29N4O4-. The van der Waals surface area contributed by atoms with Crippen LogP contribution in [-0.4, -0.2) is 39.0 Å². The number of hydrogen-bond acceptors (Lipinski definition) is 5. The molecule has 2 amide bonds. The summed E-state index contributed by atoms with van der Waals surface area (Å²) < 4.78 is 5.54. The number of amides is 2. The van der Waals surface area contributed by atoms with Gasteiger partial charge in [-0.2, -0.15) is 0 Å². The molecule has 8 nitrogen and oxygen atoms in total. The third-order valence-corrected chi connectivity index (χ3v) is 5.19. The van der Waals surface area contributed by atoms with Gasteiger partial charge in [0.2, 0.25) is 5.89 Å². The van der Waals surface area contributed by atoms with Crippen molar-refractivity contribution >= 4 is 22.9 Å². The van der Waals surface area contributed by atoms with Crippen molar-refractivity contribution in [2.45, 2.75) is 52.6 Å². The first-order valence-corrected chi connectivity index (χ1v) is 10.4. The largest absolute Gasteiger partial charge is 0.530 e. The summed E-state index contributed by atoms with van der Waals surface area (Å²) in [5, 5.41) is 15.8. The molecule has 0 aliphatic heterocycles. The first-order valence-electron chi connectivity index (χ1n) is 10.4. The van der Waals surface area contributed by atoms with Crippen LogP contribution in [0.15, 0.2) is 41.1 Å². The first-order chi connectivity index (χ1) is 14.6. The number of rotatable bonds is 7. The van der Waals surface area contributed by atoms with Crippen molar-refractivity contribution in [3.8, 4) is 0 Å². The summed E-state index contributed by atoms with van der Waals surface area (Å²) in [6.45, 7) is 9.51. The zero-order chi connectivity index (χ0) is 22.8. The van der Waals surface area contributed by atoms with Crippen LogP contribution >= 0.6 is 0 Å². The molecule has 2 aromatic heterocycles. The molecule has 8 heteroatoms. The van der Waals surface area contributed by atoms with Crippen LogP contribution in [0, 0.1) is 5.92 Å². The highest BCUT2D eigenvalue weighted by molar-refractivity contribution is 5.92. The van der Waals surface area contributed by atoms with Gasteiger partial charge >= 0.3 is 0 Å². The Labute approximate surface area is 181 Å². The van der Waals surface area contributed by atoms with Crippen LogP contribution in [0.4, 0.5) is 4.79 Å². The van der Waals surface area contributed by atoms with Crippen LogP contribution in [0.2, 0.25) is 0 Å². The molecule has 0 saturated heterocycles. The number of oxazole rings is 1. The summed E-state index contributed by atoms with van der Waals surface area (Å²) in [5.74, 6) is -0.322. The monoisotopic (exact) mass is 425 g/mol. The van der Waals surface area contributed by atoms with E-state index in [0.717, 1.165) is 16.5 Å². The maximum atomic E-state index is 12.6. The Morgan fingerprint density at radius 1 is 1.26 bits per heavy atom. The van der Waals surface area contributed by atoms with Crippen molar-refractivity contribution in [3.63, 3.8) is 0 Å². The second kappa shape index (κ2) is 8.83. The van der Waals surface area contributed by atoms with Gasteiger partial charge in [0.1, 0.15) is 18.4 Å². The van der Waals surface area contributed by atoms with Crippen LogP contribution < -0.4 is 10.4 Å². The first kappa shape index (κ1) is 22.4. The number of H-pyrrole nitrogens is 1. The van der Waals surface area contributed by atoms with Gasteiger partial charge < -0.3 is 29.5 Å². The Morgan fingerprint density at radius 3 is 2.61 bits per heavy atom. The number of carbonyl (C=O) groups is 2. The zero-order valence-electron chi connectivity index (χ0n) is 18.6. The Kier molecular flexibility index (Phi) is 6.38. The van der Waals surface area contributed by atoms with E-state index in [1.54, 1.807) is 20.8 Å². The minimum absolute atomic E-state index is 0.117. The summed E-state index contributed by atoms with van der Waals surface area (Å²) in [5.41, 5.74) is 1.57. The zero-order valence-corrected chi connectivity index (χ0v) is 18.6. The third kappa shape index (κ3) is 4.90. The number of para-hydroxylation sites is 1. The summed E-state index contributed by atoms with van der Waals surface area (Å²) in [6, 6.07) is 7.33. The van der Waals surface area contributed by atoms with Gasteiger partial charge in [0.25, 0.3) is 5.91 Å². The summed E-state index contributed by atoms with van der Waals surface area (Å²) in [4.78, 5) is 33.1. The molecule has 0 unspecified atom stereocenters. The van der Waals surface area contributed by atoms with Crippen molar-refractivity contribution in [1.29, 1.82) is 0 Å². The number of fused-ring (bicyclic) bond motifs is 1. The molecule has 2 heterocycles. The molecule has 0 saturated carbocycles. The summed E-state index contributed by atoms with van der Waals surface area (Å²) in [7, 11) is 0. The number of benzene rings is 1. The van der Waals surface area contributed by atoms with Gasteiger partial charge in [-0.05, 0) is 44.7 Å². The van der Waals surface area contributed by atoms with Crippen LogP contribution in [0.3, 0.4) is 0 Å². The minimum Gasteiger partial charge on any atom is -0.530 e. The lowest BCUT2D eigenvalue weighted by Gasteiger charge is -2.44. The molecule has 31 heavy (non-hydrogen) atoms. The smallest absolute Gasteiger partial charge is 0.273 e. The molecule has 0 aliphatic rings. The molecule has 0 radical (unpaired) electrons. The Balaban J connectivity index is 1.69. The highest BCUT2D eigenvalue weighted by Gasteiger charge is 2.35. The molecule has 0 fully saturated rings. The van der Waals surface area contributed by atoms with Crippen molar-refractivity contribution < 1.29 is 19.1 Å². The van der Waals surface area contributed by atoms with E-state index in [-0.39, 0.29) is 23.4 Å². The van der Waals surface area contributed by atoms with Gasteiger partial charge in [-0.25, -0.2) is 4.98 Å². The van der Waals surface area contributed by atoms with Crippen LogP contribution in [0.5, 0.6) is 0 Å². The molecule has 0 bridgehead atoms. The topological polar surface area (TPSA) is 114 Å². The molecule has 0 aliphatic carbocycles. The van der Waals surface area contributed by atoms with Crippen molar-refractivity contribution in [1.82, 2.24) is 20.2 Å². The van der Waals surface area contributed by atoms with E-state index in [9.17, 15) is 14.7 Å². The lowest BCUT2D eigenvalue weighted by molar-refractivity contribution is -0.275. The molecule has 1 aromatic carbocycles. The normalized spacial score (nSPS) is 12.8.